The maximum absolute atomic E-state index is 10.9. The molecule has 3 rings (SSSR count). The number of thiazole rings is 1. The minimum Gasteiger partial charge on any atom is -0.476 e. The summed E-state index contributed by atoms with van der Waals surface area (Å²) in [6.07, 6.45) is 1.57. The normalized spacial score (nSPS) is 15.4. The van der Waals surface area contributed by atoms with E-state index >= 15 is 0 Å². The van der Waals surface area contributed by atoms with Crippen LogP contribution in [0.5, 0.6) is 0 Å². The van der Waals surface area contributed by atoms with Gasteiger partial charge in [0.05, 0.1) is 13.2 Å². The number of hydrogen-bond acceptors (Lipinski definition) is 5. The van der Waals surface area contributed by atoms with Crippen molar-refractivity contribution in [2.75, 3.05) is 13.2 Å². The van der Waals surface area contributed by atoms with Crippen LogP contribution in [0.2, 0.25) is 0 Å². The number of ether oxygens (including phenoxy) is 2. The number of carboxylic acids is 1. The zero-order chi connectivity index (χ0) is 14.7. The highest BCUT2D eigenvalue weighted by molar-refractivity contribution is 7.13. The summed E-state index contributed by atoms with van der Waals surface area (Å²) in [6.45, 7) is 1.34. The second-order valence-corrected chi connectivity index (χ2v) is 5.61. The minimum absolute atomic E-state index is 0.0909. The summed E-state index contributed by atoms with van der Waals surface area (Å²) in [5.41, 5.74) is 2.20. The number of aryl methyl sites for hydroxylation is 1. The van der Waals surface area contributed by atoms with Crippen LogP contribution in [0.4, 0.5) is 0 Å². The topological polar surface area (TPSA) is 68.7 Å². The molecule has 1 aliphatic rings. The Morgan fingerprint density at radius 1 is 1.38 bits per heavy atom. The number of carboxylic acid groups (broad SMARTS) is 1. The number of aromatic nitrogens is 1. The number of rotatable bonds is 5. The Morgan fingerprint density at radius 3 is 2.90 bits per heavy atom. The largest absolute Gasteiger partial charge is 0.476 e. The molecule has 0 spiro atoms. The molecule has 0 unspecified atom stereocenters. The number of hydrogen-bond donors (Lipinski definition) is 1. The van der Waals surface area contributed by atoms with Gasteiger partial charge in [0.25, 0.3) is 0 Å². The third-order valence-corrected chi connectivity index (χ3v) is 4.15. The van der Waals surface area contributed by atoms with E-state index in [0.29, 0.717) is 13.2 Å². The van der Waals surface area contributed by atoms with Gasteiger partial charge in [-0.15, -0.1) is 11.3 Å². The highest BCUT2D eigenvalue weighted by Crippen LogP contribution is 2.25. The van der Waals surface area contributed by atoms with Gasteiger partial charge in [0.1, 0.15) is 5.01 Å². The van der Waals surface area contributed by atoms with Crippen LogP contribution in [0.3, 0.4) is 0 Å². The van der Waals surface area contributed by atoms with Crippen molar-refractivity contribution in [3.63, 3.8) is 0 Å². The van der Waals surface area contributed by atoms with Crippen molar-refractivity contribution in [1.82, 2.24) is 4.98 Å². The summed E-state index contributed by atoms with van der Waals surface area (Å²) in [7, 11) is 0. The predicted molar refractivity (Wildman–Crippen MR) is 78.5 cm³/mol. The molecule has 0 atom stereocenters. The molecule has 110 valence electrons. The fourth-order valence-corrected chi connectivity index (χ4v) is 3.01. The molecule has 2 heterocycles. The maximum atomic E-state index is 10.9. The minimum atomic E-state index is -0.996. The first-order valence-corrected chi connectivity index (χ1v) is 7.62. The van der Waals surface area contributed by atoms with E-state index in [0.717, 1.165) is 23.4 Å². The van der Waals surface area contributed by atoms with Gasteiger partial charge in [-0.3, -0.25) is 0 Å². The van der Waals surface area contributed by atoms with Crippen LogP contribution in [0.25, 0.3) is 10.6 Å². The van der Waals surface area contributed by atoms with E-state index in [-0.39, 0.29) is 12.0 Å². The number of nitrogens with zero attached hydrogens (tertiary/aromatic N) is 1. The van der Waals surface area contributed by atoms with E-state index in [1.165, 1.54) is 16.9 Å². The average Bonchev–Trinajstić information content (AvgIpc) is 3.17. The monoisotopic (exact) mass is 305 g/mol. The van der Waals surface area contributed by atoms with Crippen molar-refractivity contribution >= 4 is 17.3 Å². The summed E-state index contributed by atoms with van der Waals surface area (Å²) in [6, 6.07) is 7.99. The number of aromatic carboxylic acids is 1. The van der Waals surface area contributed by atoms with Gasteiger partial charge in [-0.1, -0.05) is 18.2 Å². The number of carbonyl (C=O) groups is 1. The summed E-state index contributed by atoms with van der Waals surface area (Å²) < 4.78 is 10.8. The molecule has 1 N–H and O–H groups in total. The molecule has 0 saturated carbocycles. The maximum Gasteiger partial charge on any atom is 0.355 e. The molecule has 1 aromatic heterocycles. The zero-order valence-electron chi connectivity index (χ0n) is 11.3. The molecule has 6 heteroatoms. The van der Waals surface area contributed by atoms with Gasteiger partial charge in [-0.05, 0) is 18.1 Å². The van der Waals surface area contributed by atoms with Gasteiger partial charge < -0.3 is 14.6 Å². The summed E-state index contributed by atoms with van der Waals surface area (Å²) in [5.74, 6) is -0.996. The van der Waals surface area contributed by atoms with Gasteiger partial charge in [0.15, 0.2) is 12.0 Å². The van der Waals surface area contributed by atoms with Crippen molar-refractivity contribution in [1.29, 1.82) is 0 Å². The smallest absolute Gasteiger partial charge is 0.355 e. The van der Waals surface area contributed by atoms with Gasteiger partial charge >= 0.3 is 5.97 Å². The standard InChI is InChI=1S/C15H15NO4S/c17-15(18)12-9-21-14(16-12)11-3-1-2-10(8-11)4-5-13-19-6-7-20-13/h1-3,8-9,13H,4-7H2,(H,17,18). The molecule has 0 radical (unpaired) electrons. The van der Waals surface area contributed by atoms with Crippen LogP contribution in [-0.4, -0.2) is 35.6 Å². The molecular weight excluding hydrogens is 290 g/mol. The third-order valence-electron chi connectivity index (χ3n) is 3.26. The molecule has 1 fully saturated rings. The fourth-order valence-electron chi connectivity index (χ4n) is 2.22. The Morgan fingerprint density at radius 2 is 2.19 bits per heavy atom. The van der Waals surface area contributed by atoms with Crippen molar-refractivity contribution < 1.29 is 19.4 Å². The SMILES string of the molecule is O=C(O)c1csc(-c2cccc(CCC3OCCO3)c2)n1. The van der Waals surface area contributed by atoms with Crippen LogP contribution in [0, 0.1) is 0 Å². The molecule has 0 bridgehead atoms. The van der Waals surface area contributed by atoms with Gasteiger partial charge in [0.2, 0.25) is 0 Å². The highest BCUT2D eigenvalue weighted by Gasteiger charge is 2.16. The molecule has 1 saturated heterocycles. The van der Waals surface area contributed by atoms with E-state index in [1.54, 1.807) is 5.38 Å². The Hall–Kier alpha value is -1.76. The first kappa shape index (κ1) is 14.2. The molecular formula is C15H15NO4S. The summed E-state index contributed by atoms with van der Waals surface area (Å²) in [4.78, 5) is 15.0. The summed E-state index contributed by atoms with van der Waals surface area (Å²) >= 11 is 1.34. The van der Waals surface area contributed by atoms with Gasteiger partial charge in [-0.25, -0.2) is 9.78 Å². The first-order chi connectivity index (χ1) is 10.2. The van der Waals surface area contributed by atoms with Gasteiger partial charge in [0, 0.05) is 17.4 Å². The van der Waals surface area contributed by atoms with Gasteiger partial charge in [-0.2, -0.15) is 0 Å². The Labute approximate surface area is 126 Å². The molecule has 0 amide bonds. The lowest BCUT2D eigenvalue weighted by molar-refractivity contribution is -0.0461. The first-order valence-electron chi connectivity index (χ1n) is 6.74. The van der Waals surface area contributed by atoms with Crippen LogP contribution in [-0.2, 0) is 15.9 Å². The van der Waals surface area contributed by atoms with Crippen LogP contribution in [0.15, 0.2) is 29.6 Å². The molecule has 21 heavy (non-hydrogen) atoms. The van der Waals surface area contributed by atoms with E-state index in [4.69, 9.17) is 14.6 Å². The fraction of sp³-hybridized carbons (Fsp3) is 0.333. The van der Waals surface area contributed by atoms with Crippen LogP contribution >= 0.6 is 11.3 Å². The lowest BCUT2D eigenvalue weighted by Gasteiger charge is -2.09. The lowest BCUT2D eigenvalue weighted by Crippen LogP contribution is -2.08. The zero-order valence-corrected chi connectivity index (χ0v) is 12.1. The molecule has 0 aliphatic carbocycles. The second-order valence-electron chi connectivity index (χ2n) is 4.75. The molecule has 1 aromatic carbocycles. The highest BCUT2D eigenvalue weighted by atomic mass is 32.1. The Kier molecular flexibility index (Phi) is 4.28. The van der Waals surface area contributed by atoms with Crippen molar-refractivity contribution in [2.24, 2.45) is 0 Å². The quantitative estimate of drug-likeness (QED) is 0.920. The molecule has 5 nitrogen and oxygen atoms in total. The molecule has 2 aromatic rings. The average molecular weight is 305 g/mol. The predicted octanol–water partition coefficient (Wildman–Crippen LogP) is 2.81. The van der Waals surface area contributed by atoms with E-state index in [2.05, 4.69) is 4.98 Å². The number of benzene rings is 1. The van der Waals surface area contributed by atoms with E-state index in [1.807, 2.05) is 24.3 Å². The van der Waals surface area contributed by atoms with E-state index in [9.17, 15) is 4.79 Å². The van der Waals surface area contributed by atoms with Crippen LogP contribution < -0.4 is 0 Å². The Bertz CT molecular complexity index is 634. The van der Waals surface area contributed by atoms with Crippen molar-refractivity contribution in [2.45, 2.75) is 19.1 Å². The summed E-state index contributed by atoms with van der Waals surface area (Å²) in [5, 5.41) is 11.2. The molecule has 1 aliphatic heterocycles. The van der Waals surface area contributed by atoms with Crippen molar-refractivity contribution in [3.05, 3.63) is 40.9 Å². The third kappa shape index (κ3) is 3.47. The van der Waals surface area contributed by atoms with Crippen LogP contribution in [0.1, 0.15) is 22.5 Å². The Balaban J connectivity index is 1.70. The lowest BCUT2D eigenvalue weighted by atomic mass is 10.1. The van der Waals surface area contributed by atoms with E-state index < -0.39 is 5.97 Å². The van der Waals surface area contributed by atoms with Crippen molar-refractivity contribution in [3.8, 4) is 10.6 Å². The second kappa shape index (κ2) is 6.34.